The van der Waals surface area contributed by atoms with Crippen LogP contribution in [0.5, 0.6) is 0 Å². The van der Waals surface area contributed by atoms with Crippen LogP contribution in [0.2, 0.25) is 0 Å². The van der Waals surface area contributed by atoms with E-state index in [1.54, 1.807) is 11.8 Å². The fourth-order valence-corrected chi connectivity index (χ4v) is 4.34. The molecule has 0 saturated heterocycles. The van der Waals surface area contributed by atoms with Gasteiger partial charge in [0.05, 0.1) is 6.61 Å². The van der Waals surface area contributed by atoms with Gasteiger partial charge in [0.1, 0.15) is 11.0 Å². The van der Waals surface area contributed by atoms with Crippen LogP contribution in [0.15, 0.2) is 0 Å². The topological polar surface area (TPSA) is 43.4 Å². The van der Waals surface area contributed by atoms with E-state index in [4.69, 9.17) is 4.74 Å². The number of hydrogen-bond acceptors (Lipinski definition) is 4. The van der Waals surface area contributed by atoms with Crippen LogP contribution in [0.25, 0.3) is 0 Å². The fourth-order valence-electron chi connectivity index (χ4n) is 2.76. The van der Waals surface area contributed by atoms with Gasteiger partial charge in [-0.3, -0.25) is 4.79 Å². The minimum Gasteiger partial charge on any atom is -0.465 e. The smallest absolute Gasteiger partial charge is 0.321 e. The van der Waals surface area contributed by atoms with Gasteiger partial charge in [-0.25, -0.2) is 0 Å². The van der Waals surface area contributed by atoms with Gasteiger partial charge in [0.2, 0.25) is 0 Å². The lowest BCUT2D eigenvalue weighted by molar-refractivity contribution is -0.145. The van der Waals surface area contributed by atoms with E-state index in [9.17, 15) is 9.59 Å². The highest BCUT2D eigenvalue weighted by Gasteiger charge is 2.37. The Morgan fingerprint density at radius 3 is 2.17 bits per heavy atom. The number of carbonyl (C=O) groups is 2. The molecule has 0 rings (SSSR count). The Morgan fingerprint density at radius 1 is 1.13 bits per heavy atom. The molecule has 4 heteroatoms. The first-order valence-corrected chi connectivity index (χ1v) is 10.0. The standard InChI is InChI=1S/C19H36O3S/c1-7-10-12-15(4)17(16(14-20)13-11-8-2)23-19(5,6)18(21)22-9-3/h14-17H,7-13H2,1-6H3/t15-,16-,17-/m1/s1. The average molecular weight is 345 g/mol. The molecule has 0 amide bonds. The summed E-state index contributed by atoms with van der Waals surface area (Å²) < 4.78 is 4.60. The third-order valence-electron chi connectivity index (χ3n) is 4.26. The molecular weight excluding hydrogens is 308 g/mol. The number of hydrogen-bond donors (Lipinski definition) is 0. The fraction of sp³-hybridized carbons (Fsp3) is 0.895. The first-order chi connectivity index (χ1) is 10.8. The van der Waals surface area contributed by atoms with Crippen LogP contribution in [-0.2, 0) is 14.3 Å². The molecule has 0 aliphatic heterocycles. The molecule has 0 heterocycles. The first kappa shape index (κ1) is 22.5. The Bertz CT molecular complexity index is 342. The molecule has 136 valence electrons. The second-order valence-corrected chi connectivity index (χ2v) is 8.68. The lowest BCUT2D eigenvalue weighted by Gasteiger charge is -2.34. The summed E-state index contributed by atoms with van der Waals surface area (Å²) in [6.45, 7) is 12.6. The zero-order chi connectivity index (χ0) is 17.9. The van der Waals surface area contributed by atoms with Crippen molar-refractivity contribution in [2.45, 2.75) is 90.1 Å². The molecule has 3 atom stereocenters. The van der Waals surface area contributed by atoms with Crippen LogP contribution in [0, 0.1) is 11.8 Å². The van der Waals surface area contributed by atoms with Crippen LogP contribution in [0.1, 0.15) is 80.1 Å². The molecule has 0 aromatic rings. The normalized spacial score (nSPS) is 15.7. The predicted octanol–water partition coefficient (Wildman–Crippen LogP) is 5.26. The summed E-state index contributed by atoms with van der Waals surface area (Å²) in [5.74, 6) is 0.249. The second kappa shape index (κ2) is 11.9. The molecule has 0 aromatic heterocycles. The highest BCUT2D eigenvalue weighted by Crippen LogP contribution is 2.40. The van der Waals surface area contributed by atoms with Crippen molar-refractivity contribution in [1.29, 1.82) is 0 Å². The van der Waals surface area contributed by atoms with Gasteiger partial charge in [0, 0.05) is 11.2 Å². The molecule has 0 aliphatic rings. The van der Waals surface area contributed by atoms with Crippen molar-refractivity contribution in [2.75, 3.05) is 6.61 Å². The van der Waals surface area contributed by atoms with Crippen molar-refractivity contribution in [3.05, 3.63) is 0 Å². The highest BCUT2D eigenvalue weighted by molar-refractivity contribution is 8.02. The number of thioether (sulfide) groups is 1. The van der Waals surface area contributed by atoms with E-state index in [0.717, 1.165) is 44.8 Å². The summed E-state index contributed by atoms with van der Waals surface area (Å²) in [6.07, 6.45) is 7.59. The van der Waals surface area contributed by atoms with E-state index >= 15 is 0 Å². The van der Waals surface area contributed by atoms with Crippen molar-refractivity contribution >= 4 is 24.0 Å². The Kier molecular flexibility index (Phi) is 11.7. The third-order valence-corrected chi connectivity index (χ3v) is 6.10. The summed E-state index contributed by atoms with van der Waals surface area (Å²) in [5, 5.41) is 0.171. The van der Waals surface area contributed by atoms with E-state index in [-0.39, 0.29) is 17.1 Å². The van der Waals surface area contributed by atoms with Gasteiger partial charge in [-0.05, 0) is 39.5 Å². The number of unbranched alkanes of at least 4 members (excludes halogenated alkanes) is 2. The van der Waals surface area contributed by atoms with Crippen molar-refractivity contribution < 1.29 is 14.3 Å². The minimum absolute atomic E-state index is 0.0144. The van der Waals surface area contributed by atoms with Gasteiger partial charge in [-0.1, -0.05) is 46.5 Å². The number of rotatable bonds is 13. The highest BCUT2D eigenvalue weighted by atomic mass is 32.2. The summed E-state index contributed by atoms with van der Waals surface area (Å²) in [4.78, 5) is 23.9. The van der Waals surface area contributed by atoms with E-state index in [1.807, 2.05) is 20.8 Å². The van der Waals surface area contributed by atoms with E-state index in [1.165, 1.54) is 0 Å². The largest absolute Gasteiger partial charge is 0.465 e. The summed E-state index contributed by atoms with van der Waals surface area (Å²) in [6, 6.07) is 0. The van der Waals surface area contributed by atoms with E-state index in [2.05, 4.69) is 20.8 Å². The Balaban J connectivity index is 5.15. The van der Waals surface area contributed by atoms with Crippen LogP contribution in [0.3, 0.4) is 0 Å². The number of carbonyl (C=O) groups excluding carboxylic acids is 2. The number of esters is 1. The Morgan fingerprint density at radius 2 is 1.70 bits per heavy atom. The van der Waals surface area contributed by atoms with Gasteiger partial charge in [0.15, 0.2) is 0 Å². The van der Waals surface area contributed by atoms with E-state index < -0.39 is 4.75 Å². The zero-order valence-electron chi connectivity index (χ0n) is 15.9. The maximum Gasteiger partial charge on any atom is 0.321 e. The lowest BCUT2D eigenvalue weighted by atomic mass is 9.89. The van der Waals surface area contributed by atoms with Crippen molar-refractivity contribution in [3.8, 4) is 0 Å². The molecule has 0 aliphatic carbocycles. The SMILES string of the molecule is CCCC[C@@H](C)[C@@H](SC(C)(C)C(=O)OCC)[C@@H](C=O)CCCC. The van der Waals surface area contributed by atoms with Crippen LogP contribution in [0.4, 0.5) is 0 Å². The molecule has 0 saturated carbocycles. The van der Waals surface area contributed by atoms with Gasteiger partial charge in [0.25, 0.3) is 0 Å². The van der Waals surface area contributed by atoms with Crippen LogP contribution >= 0.6 is 11.8 Å². The second-order valence-electron chi connectivity index (χ2n) is 6.87. The third kappa shape index (κ3) is 8.23. The molecule has 0 fully saturated rings. The first-order valence-electron chi connectivity index (χ1n) is 9.14. The van der Waals surface area contributed by atoms with E-state index in [0.29, 0.717) is 12.5 Å². The number of aldehydes is 1. The average Bonchev–Trinajstić information content (AvgIpc) is 2.52. The van der Waals surface area contributed by atoms with Gasteiger partial charge >= 0.3 is 5.97 Å². The summed E-state index contributed by atoms with van der Waals surface area (Å²) in [5.41, 5.74) is 0. The predicted molar refractivity (Wildman–Crippen MR) is 99.9 cm³/mol. The Hall–Kier alpha value is -0.510. The van der Waals surface area contributed by atoms with Crippen molar-refractivity contribution in [2.24, 2.45) is 11.8 Å². The molecule has 0 unspecified atom stereocenters. The van der Waals surface area contributed by atoms with Gasteiger partial charge in [-0.2, -0.15) is 0 Å². The van der Waals surface area contributed by atoms with Gasteiger partial charge in [-0.15, -0.1) is 11.8 Å². The lowest BCUT2D eigenvalue weighted by Crippen LogP contribution is -2.37. The summed E-state index contributed by atoms with van der Waals surface area (Å²) >= 11 is 1.63. The molecule has 23 heavy (non-hydrogen) atoms. The molecule has 0 N–H and O–H groups in total. The molecular formula is C19H36O3S. The zero-order valence-corrected chi connectivity index (χ0v) is 16.7. The maximum atomic E-state index is 12.2. The molecule has 0 spiro atoms. The Labute approximate surface area is 147 Å². The van der Waals surface area contributed by atoms with Crippen LogP contribution in [-0.4, -0.2) is 28.9 Å². The monoisotopic (exact) mass is 344 g/mol. The molecule has 0 radical (unpaired) electrons. The van der Waals surface area contributed by atoms with Gasteiger partial charge < -0.3 is 9.53 Å². The van der Waals surface area contributed by atoms with Crippen molar-refractivity contribution in [1.82, 2.24) is 0 Å². The molecule has 0 aromatic carbocycles. The minimum atomic E-state index is -0.616. The summed E-state index contributed by atoms with van der Waals surface area (Å²) in [7, 11) is 0. The van der Waals surface area contributed by atoms with Crippen molar-refractivity contribution in [3.63, 3.8) is 0 Å². The quantitative estimate of drug-likeness (QED) is 0.337. The molecule has 3 nitrogen and oxygen atoms in total. The maximum absolute atomic E-state index is 12.2. The number of ether oxygens (including phenoxy) is 1. The van der Waals surface area contributed by atoms with Crippen LogP contribution < -0.4 is 0 Å². The molecule has 0 bridgehead atoms.